The van der Waals surface area contributed by atoms with Gasteiger partial charge in [0.25, 0.3) is 0 Å². The molecule has 8 fully saturated rings. The molecule has 0 heterocycles. The summed E-state index contributed by atoms with van der Waals surface area (Å²) in [6.07, 6.45) is 20.7. The van der Waals surface area contributed by atoms with Crippen molar-refractivity contribution in [1.29, 1.82) is 0 Å². The van der Waals surface area contributed by atoms with Crippen LogP contribution in [0, 0.1) is 35.5 Å². The van der Waals surface area contributed by atoms with Gasteiger partial charge in [-0.1, -0.05) is 62.5 Å². The van der Waals surface area contributed by atoms with Crippen molar-refractivity contribution in [2.24, 2.45) is 35.5 Å². The molecule has 0 nitrogen and oxygen atoms in total. The molecule has 0 atom stereocenters. The molecule has 0 unspecified atom stereocenters. The largest absolute Gasteiger partial charge is 0.0894 e. The Morgan fingerprint density at radius 1 is 0.500 bits per heavy atom. The Morgan fingerprint density at radius 2 is 0.882 bits per heavy atom. The van der Waals surface area contributed by atoms with E-state index in [2.05, 4.69) is 54.6 Å². The number of hydrogen-bond acceptors (Lipinski definition) is 0. The Balaban J connectivity index is 1.16. The van der Waals surface area contributed by atoms with Crippen LogP contribution in [0.2, 0.25) is 0 Å². The monoisotopic (exact) mass is 468 g/mol. The van der Waals surface area contributed by atoms with Crippen LogP contribution in [0.15, 0.2) is 54.6 Å². The van der Waals surface area contributed by atoms with Gasteiger partial charge >= 0.3 is 0 Å². The molecule has 0 saturated heterocycles. The Bertz CT molecular complexity index is 935. The van der Waals surface area contributed by atoms with E-state index in [9.17, 15) is 0 Å². The smallest absolute Gasteiger partial charge is 0.00631 e. The van der Waals surface area contributed by atoms with Crippen LogP contribution in [0.3, 0.4) is 0 Å². The first-order chi connectivity index (χ1) is 16.6. The minimum Gasteiger partial charge on any atom is -0.0894 e. The van der Waals surface area contributed by atoms with E-state index in [1.54, 1.807) is 82.6 Å². The van der Waals surface area contributed by atoms with Crippen molar-refractivity contribution in [3.8, 4) is 11.1 Å². The SMILES string of the molecule is c1ccc(-c2ccc(CP(C34CC5CC(CC(C5)C3)C4)C34CC5CC(CC(C5)C3)C4)cc2)cc1. The van der Waals surface area contributed by atoms with E-state index in [0.717, 1.165) is 45.8 Å². The quantitative estimate of drug-likeness (QED) is 0.384. The van der Waals surface area contributed by atoms with Crippen LogP contribution in [0.1, 0.15) is 82.6 Å². The van der Waals surface area contributed by atoms with Gasteiger partial charge in [0.15, 0.2) is 0 Å². The van der Waals surface area contributed by atoms with Crippen LogP contribution < -0.4 is 0 Å². The van der Waals surface area contributed by atoms with Gasteiger partial charge < -0.3 is 0 Å². The summed E-state index contributed by atoms with van der Waals surface area (Å²) in [4.78, 5) is 0. The van der Waals surface area contributed by atoms with Crippen LogP contribution in [0.4, 0.5) is 0 Å². The molecule has 0 spiro atoms. The predicted molar refractivity (Wildman–Crippen MR) is 144 cm³/mol. The second-order valence-electron chi connectivity index (χ2n) is 13.9. The number of rotatable bonds is 5. The van der Waals surface area contributed by atoms with Crippen molar-refractivity contribution in [1.82, 2.24) is 0 Å². The Hall–Kier alpha value is -1.13. The first-order valence-electron chi connectivity index (χ1n) is 14.6. The molecule has 1 heteroatoms. The lowest BCUT2D eigenvalue weighted by molar-refractivity contribution is 0.0184. The van der Waals surface area contributed by atoms with E-state index in [1.165, 1.54) is 17.3 Å². The van der Waals surface area contributed by atoms with E-state index in [-0.39, 0.29) is 7.92 Å². The Labute approximate surface area is 208 Å². The molecule has 2 aromatic rings. The molecule has 8 aliphatic carbocycles. The molecule has 178 valence electrons. The van der Waals surface area contributed by atoms with Crippen molar-refractivity contribution in [2.45, 2.75) is 93.5 Å². The van der Waals surface area contributed by atoms with Gasteiger partial charge in [-0.25, -0.2) is 0 Å². The lowest BCUT2D eigenvalue weighted by Crippen LogP contribution is -2.56. The molecule has 0 N–H and O–H groups in total. The van der Waals surface area contributed by atoms with Crippen molar-refractivity contribution >= 4 is 7.92 Å². The average Bonchev–Trinajstić information content (AvgIpc) is 2.82. The molecule has 10 rings (SSSR count). The summed E-state index contributed by atoms with van der Waals surface area (Å²) < 4.78 is 0. The molecule has 0 radical (unpaired) electrons. The lowest BCUT2D eigenvalue weighted by atomic mass is 9.55. The van der Waals surface area contributed by atoms with Crippen LogP contribution >= 0.6 is 7.92 Å². The summed E-state index contributed by atoms with van der Waals surface area (Å²) in [5.74, 6) is 6.53. The molecule has 0 aliphatic heterocycles. The van der Waals surface area contributed by atoms with Crippen molar-refractivity contribution in [2.75, 3.05) is 0 Å². The summed E-state index contributed by atoms with van der Waals surface area (Å²) >= 11 is 0. The normalized spacial score (nSPS) is 44.5. The molecule has 8 saturated carbocycles. The second kappa shape index (κ2) is 7.68. The highest BCUT2D eigenvalue weighted by Gasteiger charge is 2.62. The van der Waals surface area contributed by atoms with Crippen LogP contribution in [-0.4, -0.2) is 10.3 Å². The summed E-state index contributed by atoms with van der Waals surface area (Å²) in [6.45, 7) is 0. The van der Waals surface area contributed by atoms with E-state index in [4.69, 9.17) is 0 Å². The van der Waals surface area contributed by atoms with Crippen molar-refractivity contribution in [3.05, 3.63) is 60.2 Å². The molecular weight excluding hydrogens is 427 g/mol. The van der Waals surface area contributed by atoms with E-state index in [1.807, 2.05) is 0 Å². The highest BCUT2D eigenvalue weighted by molar-refractivity contribution is 7.60. The fourth-order valence-electron chi connectivity index (χ4n) is 11.2. The Morgan fingerprint density at radius 3 is 1.29 bits per heavy atom. The molecule has 0 aromatic heterocycles. The van der Waals surface area contributed by atoms with Crippen LogP contribution in [0.25, 0.3) is 11.1 Å². The highest BCUT2D eigenvalue weighted by atomic mass is 31.1. The zero-order valence-electron chi connectivity index (χ0n) is 20.8. The van der Waals surface area contributed by atoms with Crippen molar-refractivity contribution in [3.63, 3.8) is 0 Å². The van der Waals surface area contributed by atoms with E-state index in [0.29, 0.717) is 0 Å². The zero-order valence-corrected chi connectivity index (χ0v) is 21.7. The maximum absolute atomic E-state index is 2.53. The van der Waals surface area contributed by atoms with E-state index < -0.39 is 0 Å². The number of benzene rings is 2. The van der Waals surface area contributed by atoms with Gasteiger partial charge in [0.2, 0.25) is 0 Å². The van der Waals surface area contributed by atoms with Gasteiger partial charge in [0.05, 0.1) is 0 Å². The third-order valence-electron chi connectivity index (χ3n) is 11.6. The predicted octanol–water partition coefficient (Wildman–Crippen LogP) is 9.27. The molecule has 0 amide bonds. The molecular formula is C33H41P. The second-order valence-corrected chi connectivity index (χ2v) is 17.0. The highest BCUT2D eigenvalue weighted by Crippen LogP contribution is 2.79. The summed E-state index contributed by atoms with van der Waals surface area (Å²) in [6, 6.07) is 20.9. The van der Waals surface area contributed by atoms with Gasteiger partial charge in [0.1, 0.15) is 0 Å². The fraction of sp³-hybridized carbons (Fsp3) is 0.636. The minimum atomic E-state index is 0.0510. The van der Waals surface area contributed by atoms with Gasteiger partial charge in [0, 0.05) is 0 Å². The maximum Gasteiger partial charge on any atom is -0.00631 e. The minimum absolute atomic E-state index is 0.0510. The van der Waals surface area contributed by atoms with Gasteiger partial charge in [-0.2, -0.15) is 0 Å². The first kappa shape index (κ1) is 21.0. The molecule has 8 aliphatic rings. The molecule has 8 bridgehead atoms. The standard InChI is InChI=1S/C33H41P/c1-2-4-30(5-3-1)31-8-6-23(7-9-31)22-34(32-16-24-10-25(17-32)12-26(11-24)18-32)33-19-27-13-28(20-33)15-29(14-27)21-33/h1-9,24-29H,10-22H2. The van der Waals surface area contributed by atoms with Gasteiger partial charge in [-0.15, -0.1) is 0 Å². The number of hydrogen-bond donors (Lipinski definition) is 0. The van der Waals surface area contributed by atoms with E-state index >= 15 is 0 Å². The van der Waals surface area contributed by atoms with Crippen LogP contribution in [-0.2, 0) is 6.16 Å². The third-order valence-corrected chi connectivity index (χ3v) is 15.6. The third kappa shape index (κ3) is 3.34. The molecule has 2 aromatic carbocycles. The maximum atomic E-state index is 2.53. The topological polar surface area (TPSA) is 0 Å². The summed E-state index contributed by atoms with van der Waals surface area (Å²) in [7, 11) is 0.0510. The van der Waals surface area contributed by atoms with Crippen molar-refractivity contribution < 1.29 is 0 Å². The average molecular weight is 469 g/mol. The van der Waals surface area contributed by atoms with Gasteiger partial charge in [-0.3, -0.25) is 0 Å². The first-order valence-corrected chi connectivity index (χ1v) is 16.1. The van der Waals surface area contributed by atoms with Gasteiger partial charge in [-0.05, 0) is 146 Å². The van der Waals surface area contributed by atoms with Crippen LogP contribution in [0.5, 0.6) is 0 Å². The lowest BCUT2D eigenvalue weighted by Gasteiger charge is -2.67. The summed E-state index contributed by atoms with van der Waals surface area (Å²) in [5, 5.41) is 1.49. The fourth-order valence-corrected chi connectivity index (χ4v) is 16.4. The Kier molecular flexibility index (Phi) is 4.75. The zero-order chi connectivity index (χ0) is 22.3. The summed E-state index contributed by atoms with van der Waals surface area (Å²) in [5.41, 5.74) is 4.41. The molecule has 34 heavy (non-hydrogen) atoms.